The first-order valence-electron chi connectivity index (χ1n) is 7.29. The zero-order chi connectivity index (χ0) is 17.6. The summed E-state index contributed by atoms with van der Waals surface area (Å²) >= 11 is 7.18. The summed E-state index contributed by atoms with van der Waals surface area (Å²) < 4.78 is 5.38. The van der Waals surface area contributed by atoms with Crippen LogP contribution in [0.25, 0.3) is 6.08 Å². The highest BCUT2D eigenvalue weighted by Crippen LogP contribution is 2.30. The van der Waals surface area contributed by atoms with Gasteiger partial charge in [0.15, 0.2) is 11.8 Å². The molecule has 0 atom stereocenters. The molecule has 1 aliphatic rings. The van der Waals surface area contributed by atoms with Crippen LogP contribution in [0.4, 0.5) is 5.69 Å². The summed E-state index contributed by atoms with van der Waals surface area (Å²) in [7, 11) is 0. The van der Waals surface area contributed by atoms with Gasteiger partial charge in [-0.1, -0.05) is 35.9 Å². The molecule has 0 spiro atoms. The van der Waals surface area contributed by atoms with Crippen LogP contribution >= 0.6 is 23.4 Å². The van der Waals surface area contributed by atoms with E-state index in [4.69, 9.17) is 21.6 Å². The average Bonchev–Trinajstić information content (AvgIpc) is 2.93. The summed E-state index contributed by atoms with van der Waals surface area (Å²) in [6.07, 6.45) is 1.72. The molecule has 5 nitrogen and oxygen atoms in total. The fourth-order valence-corrected chi connectivity index (χ4v) is 3.14. The molecule has 0 bridgehead atoms. The van der Waals surface area contributed by atoms with Crippen molar-refractivity contribution in [2.45, 2.75) is 0 Å². The number of nitriles is 1. The fraction of sp³-hybridized carbons (Fsp3) is 0.0556. The van der Waals surface area contributed by atoms with Gasteiger partial charge in [-0.25, -0.2) is 4.99 Å². The van der Waals surface area contributed by atoms with Crippen LogP contribution in [0.3, 0.4) is 0 Å². The number of nitrogens with zero attached hydrogens (tertiary/aromatic N) is 2. The van der Waals surface area contributed by atoms with Gasteiger partial charge in [0, 0.05) is 10.6 Å². The SMILES string of the molecule is N#CCOc1ccccc1/C=C1\SC(=Nc2cccc(Cl)c2)NC1=O. The molecule has 1 heterocycles. The zero-order valence-corrected chi connectivity index (χ0v) is 14.5. The predicted octanol–water partition coefficient (Wildman–Crippen LogP) is 4.13. The number of thioether (sulfide) groups is 1. The van der Waals surface area contributed by atoms with Crippen molar-refractivity contribution in [1.29, 1.82) is 5.26 Å². The number of rotatable bonds is 4. The van der Waals surface area contributed by atoms with E-state index in [1.165, 1.54) is 11.8 Å². The highest BCUT2D eigenvalue weighted by Gasteiger charge is 2.24. The highest BCUT2D eigenvalue weighted by molar-refractivity contribution is 8.18. The molecule has 0 unspecified atom stereocenters. The molecule has 1 amide bonds. The van der Waals surface area contributed by atoms with Gasteiger partial charge in [-0.15, -0.1) is 0 Å². The highest BCUT2D eigenvalue weighted by atomic mass is 35.5. The molecule has 0 saturated carbocycles. The first kappa shape index (κ1) is 17.1. The maximum absolute atomic E-state index is 12.2. The lowest BCUT2D eigenvalue weighted by Gasteiger charge is -2.05. The maximum atomic E-state index is 12.2. The van der Waals surface area contributed by atoms with Crippen molar-refractivity contribution in [2.75, 3.05) is 6.61 Å². The number of amidine groups is 1. The van der Waals surface area contributed by atoms with Crippen LogP contribution in [0.2, 0.25) is 5.02 Å². The van der Waals surface area contributed by atoms with E-state index in [0.717, 1.165) is 5.56 Å². The van der Waals surface area contributed by atoms with E-state index in [1.54, 1.807) is 36.4 Å². The van der Waals surface area contributed by atoms with Crippen molar-refractivity contribution < 1.29 is 9.53 Å². The Bertz CT molecular complexity index is 919. The van der Waals surface area contributed by atoms with Crippen molar-refractivity contribution in [3.8, 4) is 11.8 Å². The van der Waals surface area contributed by atoms with E-state index >= 15 is 0 Å². The van der Waals surface area contributed by atoms with Gasteiger partial charge in [-0.2, -0.15) is 5.26 Å². The second-order valence-electron chi connectivity index (χ2n) is 4.95. The van der Waals surface area contributed by atoms with E-state index in [1.807, 2.05) is 24.3 Å². The first-order chi connectivity index (χ1) is 12.2. The Morgan fingerprint density at radius 2 is 2.12 bits per heavy atom. The number of carbonyl (C=O) groups is 1. The minimum atomic E-state index is -0.235. The molecule has 25 heavy (non-hydrogen) atoms. The molecule has 2 aromatic rings. The quantitative estimate of drug-likeness (QED) is 0.822. The number of benzene rings is 2. The Balaban J connectivity index is 1.84. The second-order valence-corrected chi connectivity index (χ2v) is 6.41. The van der Waals surface area contributed by atoms with Crippen molar-refractivity contribution in [3.05, 3.63) is 64.0 Å². The van der Waals surface area contributed by atoms with E-state index in [2.05, 4.69) is 10.3 Å². The topological polar surface area (TPSA) is 74.5 Å². The minimum Gasteiger partial charge on any atom is -0.478 e. The van der Waals surface area contributed by atoms with E-state index < -0.39 is 0 Å². The molecule has 3 rings (SSSR count). The Morgan fingerprint density at radius 1 is 1.28 bits per heavy atom. The Hall–Kier alpha value is -2.75. The average molecular weight is 370 g/mol. The Labute approximate surface area is 154 Å². The molecule has 0 radical (unpaired) electrons. The number of para-hydroxylation sites is 1. The Kier molecular flexibility index (Phi) is 5.39. The number of ether oxygens (including phenoxy) is 1. The molecule has 0 aliphatic carbocycles. The second kappa shape index (κ2) is 7.88. The van der Waals surface area contributed by atoms with Crippen LogP contribution in [-0.2, 0) is 4.79 Å². The lowest BCUT2D eigenvalue weighted by atomic mass is 10.2. The third-order valence-corrected chi connectivity index (χ3v) is 4.33. The summed E-state index contributed by atoms with van der Waals surface area (Å²) in [5, 5.41) is 12.4. The smallest absolute Gasteiger partial charge is 0.264 e. The molecule has 1 aliphatic heterocycles. The number of amides is 1. The summed E-state index contributed by atoms with van der Waals surface area (Å²) in [6, 6.07) is 16.2. The van der Waals surface area contributed by atoms with Gasteiger partial charge in [-0.3, -0.25) is 4.79 Å². The van der Waals surface area contributed by atoms with E-state index in [-0.39, 0.29) is 12.5 Å². The number of halogens is 1. The van der Waals surface area contributed by atoms with Crippen LogP contribution in [0.1, 0.15) is 5.56 Å². The van der Waals surface area contributed by atoms with Crippen LogP contribution < -0.4 is 10.1 Å². The zero-order valence-electron chi connectivity index (χ0n) is 12.9. The standard InChI is InChI=1S/C18H12ClN3O2S/c19-13-5-3-6-14(11-13)21-18-22-17(23)16(25-18)10-12-4-1-2-7-15(12)24-9-8-20/h1-7,10-11H,9H2,(H,21,22,23)/b16-10-. The van der Waals surface area contributed by atoms with Gasteiger partial charge in [0.25, 0.3) is 5.91 Å². The van der Waals surface area contributed by atoms with E-state index in [9.17, 15) is 4.79 Å². The lowest BCUT2D eigenvalue weighted by molar-refractivity contribution is -0.115. The molecular weight excluding hydrogens is 358 g/mol. The molecule has 124 valence electrons. The number of hydrogen-bond donors (Lipinski definition) is 1. The van der Waals surface area contributed by atoms with Crippen LogP contribution in [-0.4, -0.2) is 17.7 Å². The van der Waals surface area contributed by atoms with E-state index in [0.29, 0.717) is 26.5 Å². The molecule has 1 fully saturated rings. The van der Waals surface area contributed by atoms with Crippen LogP contribution in [0, 0.1) is 11.3 Å². The van der Waals surface area contributed by atoms with Crippen molar-refractivity contribution >= 4 is 46.2 Å². The van der Waals surface area contributed by atoms with Crippen LogP contribution in [0.15, 0.2) is 58.4 Å². The molecule has 0 aromatic heterocycles. The number of carbonyl (C=O) groups excluding carboxylic acids is 1. The molecule has 7 heteroatoms. The number of nitrogens with one attached hydrogen (secondary N) is 1. The van der Waals surface area contributed by atoms with Crippen molar-refractivity contribution in [2.24, 2.45) is 4.99 Å². The molecule has 2 aromatic carbocycles. The first-order valence-corrected chi connectivity index (χ1v) is 8.49. The molecule has 1 N–H and O–H groups in total. The van der Waals surface area contributed by atoms with Crippen molar-refractivity contribution in [1.82, 2.24) is 5.32 Å². The monoisotopic (exact) mass is 369 g/mol. The summed E-state index contributed by atoms with van der Waals surface area (Å²) in [6.45, 7) is -0.0546. The normalized spacial score (nSPS) is 16.7. The Morgan fingerprint density at radius 3 is 2.92 bits per heavy atom. The maximum Gasteiger partial charge on any atom is 0.264 e. The fourth-order valence-electron chi connectivity index (χ4n) is 2.13. The van der Waals surface area contributed by atoms with Gasteiger partial charge in [0.05, 0.1) is 10.6 Å². The number of hydrogen-bond acceptors (Lipinski definition) is 5. The van der Waals surface area contributed by atoms with Gasteiger partial charge in [0.1, 0.15) is 11.8 Å². The van der Waals surface area contributed by atoms with Gasteiger partial charge < -0.3 is 10.1 Å². The van der Waals surface area contributed by atoms with Gasteiger partial charge in [-0.05, 0) is 42.1 Å². The third-order valence-electron chi connectivity index (χ3n) is 3.19. The van der Waals surface area contributed by atoms with Crippen LogP contribution in [0.5, 0.6) is 5.75 Å². The minimum absolute atomic E-state index is 0.0546. The summed E-state index contributed by atoms with van der Waals surface area (Å²) in [5.41, 5.74) is 1.38. The molecular formula is C18H12ClN3O2S. The van der Waals surface area contributed by atoms with Gasteiger partial charge >= 0.3 is 0 Å². The lowest BCUT2D eigenvalue weighted by Crippen LogP contribution is -2.19. The predicted molar refractivity (Wildman–Crippen MR) is 99.8 cm³/mol. The van der Waals surface area contributed by atoms with Gasteiger partial charge in [0.2, 0.25) is 0 Å². The largest absolute Gasteiger partial charge is 0.478 e. The summed E-state index contributed by atoms with van der Waals surface area (Å²) in [4.78, 5) is 17.0. The molecule has 1 saturated heterocycles. The van der Waals surface area contributed by atoms with Crippen molar-refractivity contribution in [3.63, 3.8) is 0 Å². The summed E-state index contributed by atoms with van der Waals surface area (Å²) in [5.74, 6) is 0.311. The number of aliphatic imine (C=N–C) groups is 1. The third kappa shape index (κ3) is 4.41.